The molecular weight excluding hydrogens is 336 g/mol. The van der Waals surface area contributed by atoms with Crippen molar-refractivity contribution in [3.05, 3.63) is 45.3 Å². The Morgan fingerprint density at radius 2 is 1.20 bits per heavy atom. The maximum Gasteiger partial charge on any atom is 0.0367 e. The highest BCUT2D eigenvalue weighted by atomic mass is 79.9. The Labute approximate surface area is 108 Å². The zero-order valence-electron chi connectivity index (χ0n) is 7.63. The van der Waals surface area contributed by atoms with Crippen molar-refractivity contribution in [3.8, 4) is 0 Å². The Kier molecular flexibility index (Phi) is 2.34. The summed E-state index contributed by atoms with van der Waals surface area (Å²) < 4.78 is 4.98. The second kappa shape index (κ2) is 3.58. The van der Waals surface area contributed by atoms with E-state index in [9.17, 15) is 0 Å². The minimum Gasteiger partial charge on any atom is -0.135 e. The molecule has 0 bridgehead atoms. The van der Waals surface area contributed by atoms with Crippen molar-refractivity contribution in [1.82, 2.24) is 0 Å². The molecule has 0 N–H and O–H groups in total. The van der Waals surface area contributed by atoms with E-state index in [1.807, 2.05) is 11.3 Å². The van der Waals surface area contributed by atoms with E-state index in [0.717, 1.165) is 8.95 Å². The largest absolute Gasteiger partial charge is 0.135 e. The molecule has 1 aromatic heterocycles. The molecule has 0 atom stereocenters. The summed E-state index contributed by atoms with van der Waals surface area (Å²) in [5.74, 6) is 0. The van der Waals surface area contributed by atoms with Crippen LogP contribution in [0.5, 0.6) is 0 Å². The van der Waals surface area contributed by atoms with Gasteiger partial charge >= 0.3 is 0 Å². The number of hydrogen-bond acceptors (Lipinski definition) is 1. The molecule has 0 fully saturated rings. The normalized spacial score (nSPS) is 11.3. The smallest absolute Gasteiger partial charge is 0.0367 e. The summed E-state index contributed by atoms with van der Waals surface area (Å²) in [5, 5.41) is 2.62. The highest BCUT2D eigenvalue weighted by Crippen LogP contribution is 2.41. The van der Waals surface area contributed by atoms with Gasteiger partial charge in [-0.05, 0) is 24.3 Å². The van der Waals surface area contributed by atoms with Crippen molar-refractivity contribution in [1.29, 1.82) is 0 Å². The van der Waals surface area contributed by atoms with Crippen molar-refractivity contribution in [2.24, 2.45) is 0 Å². The van der Waals surface area contributed by atoms with Crippen molar-refractivity contribution in [2.45, 2.75) is 0 Å². The molecule has 0 aliphatic carbocycles. The molecule has 2 aromatic carbocycles. The molecule has 0 saturated heterocycles. The first-order valence-corrected chi connectivity index (χ1v) is 6.93. The molecule has 3 rings (SSSR count). The molecule has 0 spiro atoms. The summed E-state index contributed by atoms with van der Waals surface area (Å²) in [7, 11) is 0. The molecular formula is C12H6Br2S. The fourth-order valence-corrected chi connectivity index (χ4v) is 4.33. The Bertz CT molecular complexity index is 599. The monoisotopic (exact) mass is 340 g/mol. The van der Waals surface area contributed by atoms with Gasteiger partial charge in [0.25, 0.3) is 0 Å². The fourth-order valence-electron chi connectivity index (χ4n) is 1.78. The minimum absolute atomic E-state index is 1.16. The van der Waals surface area contributed by atoms with Gasteiger partial charge < -0.3 is 0 Å². The van der Waals surface area contributed by atoms with Crippen LogP contribution in [0.25, 0.3) is 20.2 Å². The van der Waals surface area contributed by atoms with E-state index >= 15 is 0 Å². The first-order chi connectivity index (χ1) is 7.27. The van der Waals surface area contributed by atoms with E-state index < -0.39 is 0 Å². The minimum atomic E-state index is 1.16. The number of hydrogen-bond donors (Lipinski definition) is 0. The van der Waals surface area contributed by atoms with Gasteiger partial charge in [-0.25, -0.2) is 0 Å². The lowest BCUT2D eigenvalue weighted by atomic mass is 10.1. The van der Waals surface area contributed by atoms with Crippen LogP contribution in [0.1, 0.15) is 0 Å². The molecule has 15 heavy (non-hydrogen) atoms. The molecule has 0 radical (unpaired) electrons. The first kappa shape index (κ1) is 9.82. The van der Waals surface area contributed by atoms with Crippen LogP contribution >= 0.6 is 43.2 Å². The van der Waals surface area contributed by atoms with Crippen LogP contribution in [0, 0.1) is 0 Å². The summed E-state index contributed by atoms with van der Waals surface area (Å²) in [6.07, 6.45) is 0. The second-order valence-corrected chi connectivity index (χ2v) is 6.12. The number of halogens is 2. The topological polar surface area (TPSA) is 0 Å². The van der Waals surface area contributed by atoms with E-state index in [1.54, 1.807) is 0 Å². The summed E-state index contributed by atoms with van der Waals surface area (Å²) in [4.78, 5) is 0. The highest BCUT2D eigenvalue weighted by Gasteiger charge is 2.09. The van der Waals surface area contributed by atoms with E-state index in [0.29, 0.717) is 0 Å². The first-order valence-electron chi connectivity index (χ1n) is 4.52. The summed E-state index contributed by atoms with van der Waals surface area (Å²) in [5.41, 5.74) is 0. The molecule has 3 heteroatoms. The Balaban J connectivity index is 2.67. The third kappa shape index (κ3) is 1.45. The van der Waals surface area contributed by atoms with Gasteiger partial charge in [0.05, 0.1) is 0 Å². The predicted molar refractivity (Wildman–Crippen MR) is 74.7 cm³/mol. The van der Waals surface area contributed by atoms with E-state index in [1.165, 1.54) is 20.2 Å². The van der Waals surface area contributed by atoms with Gasteiger partial charge in [0.2, 0.25) is 0 Å². The Morgan fingerprint density at radius 3 is 1.67 bits per heavy atom. The van der Waals surface area contributed by atoms with Crippen LogP contribution in [-0.2, 0) is 0 Å². The van der Waals surface area contributed by atoms with E-state index in [4.69, 9.17) is 0 Å². The molecule has 0 aliphatic heterocycles. The molecule has 0 saturated carbocycles. The average Bonchev–Trinajstić information content (AvgIpc) is 2.58. The molecule has 1 heterocycles. The van der Waals surface area contributed by atoms with Crippen LogP contribution in [-0.4, -0.2) is 0 Å². The number of thiophene rings is 1. The van der Waals surface area contributed by atoms with E-state index in [2.05, 4.69) is 68.3 Å². The quantitative estimate of drug-likeness (QED) is 0.500. The Morgan fingerprint density at radius 1 is 0.733 bits per heavy atom. The van der Waals surface area contributed by atoms with Crippen LogP contribution in [0.15, 0.2) is 45.3 Å². The lowest BCUT2D eigenvalue weighted by Gasteiger charge is -1.97. The van der Waals surface area contributed by atoms with Crippen molar-refractivity contribution in [2.75, 3.05) is 0 Å². The van der Waals surface area contributed by atoms with Crippen molar-refractivity contribution < 1.29 is 0 Å². The molecule has 0 aliphatic rings. The third-order valence-electron chi connectivity index (χ3n) is 2.42. The lowest BCUT2D eigenvalue weighted by molar-refractivity contribution is 1.76. The van der Waals surface area contributed by atoms with Gasteiger partial charge in [0.15, 0.2) is 0 Å². The third-order valence-corrected chi connectivity index (χ3v) is 4.86. The molecule has 0 unspecified atom stereocenters. The molecule has 0 amide bonds. The summed E-state index contributed by atoms with van der Waals surface area (Å²) in [6.45, 7) is 0. The maximum absolute atomic E-state index is 3.62. The Hall–Kier alpha value is -0.380. The van der Waals surface area contributed by atoms with E-state index in [-0.39, 0.29) is 0 Å². The SMILES string of the molecule is Brc1cccc2sc3cccc(Br)c3c12. The van der Waals surface area contributed by atoms with Gasteiger partial charge in [0.1, 0.15) is 0 Å². The molecule has 0 nitrogen and oxygen atoms in total. The summed E-state index contributed by atoms with van der Waals surface area (Å²) >= 11 is 9.06. The van der Waals surface area contributed by atoms with Gasteiger partial charge in [-0.1, -0.05) is 44.0 Å². The average molecular weight is 342 g/mol. The van der Waals surface area contributed by atoms with Crippen molar-refractivity contribution >= 4 is 63.4 Å². The second-order valence-electron chi connectivity index (χ2n) is 3.33. The van der Waals surface area contributed by atoms with Gasteiger partial charge in [-0.2, -0.15) is 0 Å². The zero-order valence-corrected chi connectivity index (χ0v) is 11.6. The van der Waals surface area contributed by atoms with Gasteiger partial charge in [0, 0.05) is 29.1 Å². The standard InChI is InChI=1S/C12H6Br2S/c13-7-3-1-5-9-11(7)12-8(14)4-2-6-10(12)15-9/h1-6H. The summed E-state index contributed by atoms with van der Waals surface area (Å²) in [6, 6.07) is 12.7. The zero-order chi connectivity index (χ0) is 10.4. The van der Waals surface area contributed by atoms with Crippen LogP contribution in [0.3, 0.4) is 0 Å². The van der Waals surface area contributed by atoms with Crippen LogP contribution in [0.4, 0.5) is 0 Å². The van der Waals surface area contributed by atoms with Crippen molar-refractivity contribution in [3.63, 3.8) is 0 Å². The highest BCUT2D eigenvalue weighted by molar-refractivity contribution is 9.11. The number of fused-ring (bicyclic) bond motifs is 3. The predicted octanol–water partition coefficient (Wildman–Crippen LogP) is 5.58. The fraction of sp³-hybridized carbons (Fsp3) is 0. The molecule has 74 valence electrons. The molecule has 3 aromatic rings. The number of rotatable bonds is 0. The number of benzene rings is 2. The van der Waals surface area contributed by atoms with Gasteiger partial charge in [-0.15, -0.1) is 11.3 Å². The van der Waals surface area contributed by atoms with Gasteiger partial charge in [-0.3, -0.25) is 0 Å². The maximum atomic E-state index is 3.62. The van der Waals surface area contributed by atoms with Crippen LogP contribution < -0.4 is 0 Å². The lowest BCUT2D eigenvalue weighted by Crippen LogP contribution is -1.70. The van der Waals surface area contributed by atoms with Crippen LogP contribution in [0.2, 0.25) is 0 Å².